The molecular formula is C31H38O2. The number of benzene rings is 2. The van der Waals surface area contributed by atoms with E-state index in [0.29, 0.717) is 36.1 Å². The van der Waals surface area contributed by atoms with E-state index in [1.807, 2.05) is 12.1 Å². The molecule has 3 aliphatic carbocycles. The zero-order valence-corrected chi connectivity index (χ0v) is 20.3. The summed E-state index contributed by atoms with van der Waals surface area (Å²) in [4.78, 5) is 13.4. The molecular weight excluding hydrogens is 404 g/mol. The largest absolute Gasteiger partial charge is 0.489 e. The first-order chi connectivity index (χ1) is 16.0. The number of fused-ring (bicyclic) bond motifs is 5. The van der Waals surface area contributed by atoms with Crippen molar-refractivity contribution in [3.63, 3.8) is 0 Å². The van der Waals surface area contributed by atoms with Gasteiger partial charge in [0.1, 0.15) is 18.1 Å². The van der Waals surface area contributed by atoms with E-state index in [2.05, 4.69) is 62.9 Å². The fraction of sp³-hybridized carbons (Fsp3) is 0.516. The van der Waals surface area contributed by atoms with Crippen LogP contribution in [0, 0.1) is 29.1 Å². The molecule has 0 unspecified atom stereocenters. The van der Waals surface area contributed by atoms with Crippen LogP contribution in [0.2, 0.25) is 0 Å². The molecule has 0 N–H and O–H groups in total. The Bertz CT molecular complexity index is 1010. The summed E-state index contributed by atoms with van der Waals surface area (Å²) in [5.41, 5.74) is 4.08. The van der Waals surface area contributed by atoms with E-state index in [9.17, 15) is 4.79 Å². The Morgan fingerprint density at radius 3 is 2.76 bits per heavy atom. The van der Waals surface area contributed by atoms with Crippen LogP contribution in [0.1, 0.15) is 75.0 Å². The molecule has 0 aromatic heterocycles. The van der Waals surface area contributed by atoms with E-state index < -0.39 is 0 Å². The fourth-order valence-electron chi connectivity index (χ4n) is 7.60. The van der Waals surface area contributed by atoms with Gasteiger partial charge in [-0.05, 0) is 84.6 Å². The molecule has 0 saturated heterocycles. The predicted octanol–water partition coefficient (Wildman–Crippen LogP) is 7.52. The summed E-state index contributed by atoms with van der Waals surface area (Å²) in [6, 6.07) is 17.2. The monoisotopic (exact) mass is 442 g/mol. The molecule has 2 heteroatoms. The van der Waals surface area contributed by atoms with Gasteiger partial charge in [0.25, 0.3) is 0 Å². The average molecular weight is 443 g/mol. The molecule has 2 nitrogen and oxygen atoms in total. The first-order valence-corrected chi connectivity index (χ1v) is 13.0. The topological polar surface area (TPSA) is 26.3 Å². The van der Waals surface area contributed by atoms with Gasteiger partial charge in [0, 0.05) is 11.3 Å². The molecule has 0 spiro atoms. The zero-order valence-electron chi connectivity index (χ0n) is 20.3. The van der Waals surface area contributed by atoms with Gasteiger partial charge >= 0.3 is 0 Å². The molecule has 0 aliphatic heterocycles. The van der Waals surface area contributed by atoms with Crippen LogP contribution in [-0.4, -0.2) is 5.78 Å². The Hall–Kier alpha value is -2.35. The van der Waals surface area contributed by atoms with Crippen molar-refractivity contribution in [3.05, 3.63) is 77.9 Å². The molecule has 2 aromatic carbocycles. The van der Waals surface area contributed by atoms with Crippen LogP contribution in [-0.2, 0) is 17.8 Å². The number of ketones is 1. The maximum absolute atomic E-state index is 13.4. The second kappa shape index (κ2) is 9.12. The van der Waals surface area contributed by atoms with Gasteiger partial charge in [-0.15, -0.1) is 6.58 Å². The lowest BCUT2D eigenvalue weighted by atomic mass is 9.52. The van der Waals surface area contributed by atoms with Crippen LogP contribution in [0.15, 0.2) is 61.2 Å². The lowest BCUT2D eigenvalue weighted by Gasteiger charge is -2.51. The highest BCUT2D eigenvalue weighted by atomic mass is 16.5. The molecule has 0 radical (unpaired) electrons. The lowest BCUT2D eigenvalue weighted by molar-refractivity contribution is -0.132. The third-order valence-corrected chi connectivity index (χ3v) is 9.09. The van der Waals surface area contributed by atoms with E-state index >= 15 is 0 Å². The molecule has 2 saturated carbocycles. The van der Waals surface area contributed by atoms with Gasteiger partial charge in [-0.2, -0.15) is 0 Å². The predicted molar refractivity (Wildman–Crippen MR) is 134 cm³/mol. The van der Waals surface area contributed by atoms with Crippen LogP contribution in [0.25, 0.3) is 0 Å². The van der Waals surface area contributed by atoms with Crippen molar-refractivity contribution in [2.75, 3.05) is 0 Å². The highest BCUT2D eigenvalue weighted by molar-refractivity contribution is 5.89. The van der Waals surface area contributed by atoms with Gasteiger partial charge < -0.3 is 4.74 Å². The summed E-state index contributed by atoms with van der Waals surface area (Å²) in [7, 11) is 0. The average Bonchev–Trinajstić information content (AvgIpc) is 3.08. The summed E-state index contributed by atoms with van der Waals surface area (Å²) in [5, 5.41) is 0. The van der Waals surface area contributed by atoms with Gasteiger partial charge in [0.15, 0.2) is 0 Å². The smallest absolute Gasteiger partial charge is 0.142 e. The summed E-state index contributed by atoms with van der Waals surface area (Å²) < 4.78 is 6.18. The number of hydrogen-bond acceptors (Lipinski definition) is 2. The molecule has 3 aliphatic rings. The Kier molecular flexibility index (Phi) is 6.20. The second-order valence-electron chi connectivity index (χ2n) is 11.0. The van der Waals surface area contributed by atoms with E-state index in [0.717, 1.165) is 37.9 Å². The Labute approximate surface area is 199 Å². The lowest BCUT2D eigenvalue weighted by Crippen LogP contribution is -2.46. The van der Waals surface area contributed by atoms with Crippen LogP contribution >= 0.6 is 0 Å². The zero-order chi connectivity index (χ0) is 23.0. The summed E-state index contributed by atoms with van der Waals surface area (Å²) >= 11 is 0. The molecule has 33 heavy (non-hydrogen) atoms. The van der Waals surface area contributed by atoms with Crippen molar-refractivity contribution in [1.29, 1.82) is 0 Å². The normalized spacial score (nSPS) is 32.5. The number of carbonyl (C=O) groups excluding carboxylic acids is 1. The minimum absolute atomic E-state index is 0.128. The standard InChI is InChI=1S/C31H38O2/c1-4-9-22-17-24-18-25(33-20-21-11-7-6-8-12-21)13-14-26(24)27-15-16-31(3)28(29(22)27)19-23(10-5-2)30(31)32/h5-8,11-14,18,22-23,27-29H,2,4,9-10,15-17,19-20H2,1,3H3/t22-,23-,27-,28+,29-,31+/m1/s1. The number of rotatable bonds is 7. The van der Waals surface area contributed by atoms with Gasteiger partial charge in [-0.1, -0.05) is 69.2 Å². The summed E-state index contributed by atoms with van der Waals surface area (Å²) in [6.45, 7) is 9.14. The Morgan fingerprint density at radius 1 is 1.18 bits per heavy atom. The molecule has 2 fully saturated rings. The number of allylic oxidation sites excluding steroid dienone is 1. The first-order valence-electron chi connectivity index (χ1n) is 13.0. The molecule has 174 valence electrons. The molecule has 6 atom stereocenters. The maximum atomic E-state index is 13.4. The van der Waals surface area contributed by atoms with Crippen molar-refractivity contribution >= 4 is 5.78 Å². The molecule has 0 bridgehead atoms. The van der Waals surface area contributed by atoms with Crippen molar-refractivity contribution in [2.24, 2.45) is 29.1 Å². The third-order valence-electron chi connectivity index (χ3n) is 9.09. The van der Waals surface area contributed by atoms with Gasteiger partial charge in [0.05, 0.1) is 0 Å². The molecule has 5 rings (SSSR count). The van der Waals surface area contributed by atoms with Crippen LogP contribution in [0.4, 0.5) is 0 Å². The van der Waals surface area contributed by atoms with E-state index in [1.54, 1.807) is 0 Å². The molecule has 2 aromatic rings. The van der Waals surface area contributed by atoms with Gasteiger partial charge in [0.2, 0.25) is 0 Å². The fourth-order valence-corrected chi connectivity index (χ4v) is 7.60. The SMILES string of the molecule is C=CC[C@@H]1C[C@H]2[C@@H]3[C@H](CCC)Cc4cc(OCc5ccccc5)ccc4[C@H]3CC[C@]2(C)C1=O. The summed E-state index contributed by atoms with van der Waals surface area (Å²) in [6.07, 6.45) is 9.63. The van der Waals surface area contributed by atoms with Gasteiger partial charge in [-0.25, -0.2) is 0 Å². The van der Waals surface area contributed by atoms with Gasteiger partial charge in [-0.3, -0.25) is 4.79 Å². The van der Waals surface area contributed by atoms with E-state index in [1.165, 1.54) is 29.5 Å². The number of carbonyl (C=O) groups is 1. The van der Waals surface area contributed by atoms with Crippen LogP contribution < -0.4 is 4.74 Å². The van der Waals surface area contributed by atoms with E-state index in [4.69, 9.17) is 4.74 Å². The van der Waals surface area contributed by atoms with Crippen molar-refractivity contribution in [1.82, 2.24) is 0 Å². The molecule has 0 heterocycles. The van der Waals surface area contributed by atoms with E-state index in [-0.39, 0.29) is 11.3 Å². The van der Waals surface area contributed by atoms with Crippen LogP contribution in [0.5, 0.6) is 5.75 Å². The highest BCUT2D eigenvalue weighted by Crippen LogP contribution is 2.63. The number of hydrogen-bond donors (Lipinski definition) is 0. The number of ether oxygens (including phenoxy) is 1. The van der Waals surface area contributed by atoms with Crippen molar-refractivity contribution < 1.29 is 9.53 Å². The Morgan fingerprint density at radius 2 is 2.00 bits per heavy atom. The van der Waals surface area contributed by atoms with Crippen molar-refractivity contribution in [2.45, 2.75) is 71.3 Å². The third kappa shape index (κ3) is 3.96. The highest BCUT2D eigenvalue weighted by Gasteiger charge is 2.59. The maximum Gasteiger partial charge on any atom is 0.142 e. The van der Waals surface area contributed by atoms with Crippen molar-refractivity contribution in [3.8, 4) is 5.75 Å². The quantitative estimate of drug-likeness (QED) is 0.415. The Balaban J connectivity index is 1.42. The summed E-state index contributed by atoms with van der Waals surface area (Å²) in [5.74, 6) is 4.09. The minimum atomic E-state index is -0.128. The van der Waals surface area contributed by atoms with Crippen LogP contribution in [0.3, 0.4) is 0 Å². The first kappa shape index (κ1) is 22.4. The molecule has 0 amide bonds. The second-order valence-corrected chi connectivity index (χ2v) is 11.0. The number of Topliss-reactive ketones (excluding diaryl/α,β-unsaturated/α-hetero) is 1. The minimum Gasteiger partial charge on any atom is -0.489 e.